The summed E-state index contributed by atoms with van der Waals surface area (Å²) in [5.41, 5.74) is 3.73. The fourth-order valence-corrected chi connectivity index (χ4v) is 3.72. The number of likely N-dealkylation sites (tertiary alicyclic amines) is 1. The number of aryl methyl sites for hydroxylation is 2. The maximum atomic E-state index is 10.4. The zero-order valence-corrected chi connectivity index (χ0v) is 16.0. The summed E-state index contributed by atoms with van der Waals surface area (Å²) in [6.07, 6.45) is 3.15. The lowest BCUT2D eigenvalue weighted by atomic mass is 9.90. The predicted octanol–water partition coefficient (Wildman–Crippen LogP) is 4.00. The molecule has 140 valence electrons. The molecule has 1 fully saturated rings. The van der Waals surface area contributed by atoms with Crippen LogP contribution >= 0.6 is 0 Å². The molecule has 0 amide bonds. The van der Waals surface area contributed by atoms with Gasteiger partial charge in [0.1, 0.15) is 18.5 Å². The zero-order valence-electron chi connectivity index (χ0n) is 16.0. The van der Waals surface area contributed by atoms with E-state index in [4.69, 9.17) is 4.74 Å². The van der Waals surface area contributed by atoms with E-state index in [-0.39, 0.29) is 0 Å². The standard InChI is InChI=1S/C23H31NO2/c1-18-8-9-19(2)23(14-18)26-17-22(25)16-24-12-10-21(11-13-24)15-20-6-4-3-5-7-20/h3-9,14,21-22,25H,10-13,15-17H2,1-2H3/t22-/m0/s1. The van der Waals surface area contributed by atoms with Crippen molar-refractivity contribution in [2.45, 2.75) is 39.2 Å². The van der Waals surface area contributed by atoms with E-state index in [2.05, 4.69) is 54.3 Å². The molecule has 0 aromatic heterocycles. The highest BCUT2D eigenvalue weighted by Gasteiger charge is 2.21. The van der Waals surface area contributed by atoms with Crippen molar-refractivity contribution in [2.75, 3.05) is 26.2 Å². The number of nitrogens with zero attached hydrogens (tertiary/aromatic N) is 1. The minimum Gasteiger partial charge on any atom is -0.491 e. The van der Waals surface area contributed by atoms with Gasteiger partial charge in [0.25, 0.3) is 0 Å². The fourth-order valence-electron chi connectivity index (χ4n) is 3.72. The average molecular weight is 354 g/mol. The molecule has 1 N–H and O–H groups in total. The van der Waals surface area contributed by atoms with Gasteiger partial charge in [-0.3, -0.25) is 0 Å². The summed E-state index contributed by atoms with van der Waals surface area (Å²) in [5, 5.41) is 10.4. The largest absolute Gasteiger partial charge is 0.491 e. The van der Waals surface area contributed by atoms with Crippen molar-refractivity contribution in [1.82, 2.24) is 4.90 Å². The summed E-state index contributed by atoms with van der Waals surface area (Å²) in [6.45, 7) is 7.29. The first-order chi connectivity index (χ1) is 12.6. The summed E-state index contributed by atoms with van der Waals surface area (Å²) < 4.78 is 5.84. The van der Waals surface area contributed by atoms with Gasteiger partial charge >= 0.3 is 0 Å². The van der Waals surface area contributed by atoms with Crippen molar-refractivity contribution in [1.29, 1.82) is 0 Å². The first-order valence-electron chi connectivity index (χ1n) is 9.74. The lowest BCUT2D eigenvalue weighted by Crippen LogP contribution is -2.41. The van der Waals surface area contributed by atoms with Gasteiger partial charge in [-0.05, 0) is 74.9 Å². The van der Waals surface area contributed by atoms with Crippen LogP contribution in [0.5, 0.6) is 5.75 Å². The topological polar surface area (TPSA) is 32.7 Å². The lowest BCUT2D eigenvalue weighted by Gasteiger charge is -2.33. The minimum atomic E-state index is -0.444. The van der Waals surface area contributed by atoms with Crippen molar-refractivity contribution >= 4 is 0 Å². The Hall–Kier alpha value is -1.84. The fraction of sp³-hybridized carbons (Fsp3) is 0.478. The van der Waals surface area contributed by atoms with E-state index in [0.29, 0.717) is 13.2 Å². The van der Waals surface area contributed by atoms with Gasteiger partial charge in [-0.25, -0.2) is 0 Å². The van der Waals surface area contributed by atoms with Crippen LogP contribution in [0.2, 0.25) is 0 Å². The smallest absolute Gasteiger partial charge is 0.122 e. The molecule has 0 saturated carbocycles. The van der Waals surface area contributed by atoms with Crippen LogP contribution in [0.4, 0.5) is 0 Å². The number of hydrogen-bond acceptors (Lipinski definition) is 3. The Bertz CT molecular complexity index is 678. The van der Waals surface area contributed by atoms with Crippen LogP contribution in [-0.2, 0) is 6.42 Å². The molecule has 2 aromatic rings. The number of aliphatic hydroxyl groups excluding tert-OH is 1. The molecule has 1 aliphatic heterocycles. The Morgan fingerprint density at radius 2 is 1.81 bits per heavy atom. The highest BCUT2D eigenvalue weighted by Crippen LogP contribution is 2.22. The summed E-state index contributed by atoms with van der Waals surface area (Å²) in [5.74, 6) is 1.64. The third-order valence-electron chi connectivity index (χ3n) is 5.32. The van der Waals surface area contributed by atoms with Crippen LogP contribution in [0.25, 0.3) is 0 Å². The number of benzene rings is 2. The number of aliphatic hydroxyl groups is 1. The Morgan fingerprint density at radius 3 is 2.54 bits per heavy atom. The zero-order chi connectivity index (χ0) is 18.4. The molecular weight excluding hydrogens is 322 g/mol. The Labute approximate surface area is 157 Å². The number of piperidine rings is 1. The normalized spacial score (nSPS) is 17.2. The number of ether oxygens (including phenoxy) is 1. The van der Waals surface area contributed by atoms with Gasteiger partial charge in [-0.15, -0.1) is 0 Å². The van der Waals surface area contributed by atoms with E-state index >= 15 is 0 Å². The average Bonchev–Trinajstić information content (AvgIpc) is 2.65. The van der Waals surface area contributed by atoms with E-state index in [1.54, 1.807) is 0 Å². The van der Waals surface area contributed by atoms with Gasteiger partial charge in [0.2, 0.25) is 0 Å². The molecule has 3 heteroatoms. The lowest BCUT2D eigenvalue weighted by molar-refractivity contribution is 0.0548. The molecule has 1 atom stereocenters. The minimum absolute atomic E-state index is 0.355. The van der Waals surface area contributed by atoms with Crippen molar-refractivity contribution in [2.24, 2.45) is 5.92 Å². The quantitative estimate of drug-likeness (QED) is 0.817. The molecule has 1 heterocycles. The van der Waals surface area contributed by atoms with Crippen molar-refractivity contribution in [3.63, 3.8) is 0 Å². The van der Waals surface area contributed by atoms with Crippen LogP contribution in [0.1, 0.15) is 29.5 Å². The van der Waals surface area contributed by atoms with Gasteiger partial charge in [-0.2, -0.15) is 0 Å². The molecule has 0 spiro atoms. The third kappa shape index (κ3) is 5.58. The molecule has 0 bridgehead atoms. The van der Waals surface area contributed by atoms with Gasteiger partial charge < -0.3 is 14.7 Å². The van der Waals surface area contributed by atoms with Crippen LogP contribution in [0, 0.1) is 19.8 Å². The third-order valence-corrected chi connectivity index (χ3v) is 5.32. The molecule has 1 aliphatic rings. The molecule has 0 unspecified atom stereocenters. The summed E-state index contributed by atoms with van der Waals surface area (Å²) in [4.78, 5) is 2.37. The van der Waals surface area contributed by atoms with Crippen molar-refractivity contribution < 1.29 is 9.84 Å². The summed E-state index contributed by atoms with van der Waals surface area (Å²) >= 11 is 0. The molecular formula is C23H31NO2. The van der Waals surface area contributed by atoms with Gasteiger partial charge in [0.05, 0.1) is 0 Å². The van der Waals surface area contributed by atoms with Gasteiger partial charge in [0.15, 0.2) is 0 Å². The van der Waals surface area contributed by atoms with E-state index < -0.39 is 6.10 Å². The van der Waals surface area contributed by atoms with Crippen LogP contribution in [0.15, 0.2) is 48.5 Å². The SMILES string of the molecule is Cc1ccc(C)c(OC[C@@H](O)CN2CCC(Cc3ccccc3)CC2)c1. The second-order valence-electron chi connectivity index (χ2n) is 7.67. The Morgan fingerprint density at radius 1 is 1.08 bits per heavy atom. The van der Waals surface area contributed by atoms with E-state index in [1.165, 1.54) is 30.4 Å². The number of rotatable bonds is 7. The highest BCUT2D eigenvalue weighted by molar-refractivity contribution is 5.35. The molecule has 0 aliphatic carbocycles. The second kappa shape index (κ2) is 9.20. The maximum absolute atomic E-state index is 10.4. The molecule has 0 radical (unpaired) electrons. The predicted molar refractivity (Wildman–Crippen MR) is 107 cm³/mol. The van der Waals surface area contributed by atoms with E-state index in [1.807, 2.05) is 13.0 Å². The van der Waals surface area contributed by atoms with Crippen LogP contribution in [-0.4, -0.2) is 42.4 Å². The van der Waals surface area contributed by atoms with E-state index in [0.717, 1.165) is 30.3 Å². The maximum Gasteiger partial charge on any atom is 0.122 e. The molecule has 2 aromatic carbocycles. The van der Waals surface area contributed by atoms with Crippen molar-refractivity contribution in [3.05, 3.63) is 65.2 Å². The Balaban J connectivity index is 1.39. The summed E-state index contributed by atoms with van der Waals surface area (Å²) in [7, 11) is 0. The van der Waals surface area contributed by atoms with Crippen molar-refractivity contribution in [3.8, 4) is 5.75 Å². The number of β-amino-alcohol motifs (C(OH)–C–C–N with tert-alkyl or cyclic N) is 1. The molecule has 1 saturated heterocycles. The summed E-state index contributed by atoms with van der Waals surface area (Å²) in [6, 6.07) is 17.0. The van der Waals surface area contributed by atoms with Crippen LogP contribution < -0.4 is 4.74 Å². The van der Waals surface area contributed by atoms with Gasteiger partial charge in [0, 0.05) is 6.54 Å². The molecule has 26 heavy (non-hydrogen) atoms. The molecule has 3 rings (SSSR count). The molecule has 3 nitrogen and oxygen atoms in total. The second-order valence-corrected chi connectivity index (χ2v) is 7.67. The monoisotopic (exact) mass is 353 g/mol. The number of hydrogen-bond donors (Lipinski definition) is 1. The van der Waals surface area contributed by atoms with Crippen LogP contribution in [0.3, 0.4) is 0 Å². The first-order valence-corrected chi connectivity index (χ1v) is 9.74. The van der Waals surface area contributed by atoms with E-state index in [9.17, 15) is 5.11 Å². The first kappa shape index (κ1) is 18.9. The Kier molecular flexibility index (Phi) is 6.70. The van der Waals surface area contributed by atoms with Gasteiger partial charge in [-0.1, -0.05) is 42.5 Å². The highest BCUT2D eigenvalue weighted by atomic mass is 16.5.